The lowest BCUT2D eigenvalue weighted by Gasteiger charge is -2.17. The second-order valence-corrected chi connectivity index (χ2v) is 5.30. The molecule has 1 aliphatic rings. The summed E-state index contributed by atoms with van der Waals surface area (Å²) < 4.78 is 10.5. The van der Waals surface area contributed by atoms with Crippen molar-refractivity contribution in [2.24, 2.45) is 0 Å². The number of amides is 1. The summed E-state index contributed by atoms with van der Waals surface area (Å²) in [5, 5.41) is 0.663. The molecule has 2 aromatic rings. The average Bonchev–Trinajstić information content (AvgIpc) is 2.93. The molecular formula is C16H14ClNO3. The number of benzene rings is 2. The summed E-state index contributed by atoms with van der Waals surface area (Å²) in [7, 11) is 1.76. The number of carbonyl (C=O) groups excluding carboxylic acids is 1. The van der Waals surface area contributed by atoms with Crippen LogP contribution < -0.4 is 9.47 Å². The van der Waals surface area contributed by atoms with Gasteiger partial charge < -0.3 is 14.4 Å². The molecule has 0 saturated carbocycles. The minimum Gasteiger partial charge on any atom is -0.454 e. The molecule has 0 atom stereocenters. The maximum atomic E-state index is 12.4. The lowest BCUT2D eigenvalue weighted by atomic mass is 10.1. The molecule has 108 valence electrons. The number of ether oxygens (including phenoxy) is 2. The molecule has 0 aliphatic carbocycles. The van der Waals surface area contributed by atoms with E-state index in [-0.39, 0.29) is 12.7 Å². The van der Waals surface area contributed by atoms with E-state index in [1.165, 1.54) is 0 Å². The van der Waals surface area contributed by atoms with Gasteiger partial charge in [0, 0.05) is 24.2 Å². The Morgan fingerprint density at radius 2 is 2.00 bits per heavy atom. The van der Waals surface area contributed by atoms with Crippen molar-refractivity contribution in [3.63, 3.8) is 0 Å². The molecule has 0 saturated heterocycles. The van der Waals surface area contributed by atoms with E-state index in [1.807, 2.05) is 24.3 Å². The number of hydrogen-bond donors (Lipinski definition) is 0. The number of fused-ring (bicyclic) bond motifs is 1. The maximum Gasteiger partial charge on any atom is 0.254 e. The Morgan fingerprint density at radius 1 is 1.19 bits per heavy atom. The first-order valence-corrected chi connectivity index (χ1v) is 6.91. The molecule has 1 amide bonds. The minimum absolute atomic E-state index is 0.0757. The van der Waals surface area contributed by atoms with Crippen LogP contribution in [-0.4, -0.2) is 24.6 Å². The smallest absolute Gasteiger partial charge is 0.254 e. The third-order valence-electron chi connectivity index (χ3n) is 3.27. The fourth-order valence-electron chi connectivity index (χ4n) is 2.23. The van der Waals surface area contributed by atoms with Crippen LogP contribution in [0.3, 0.4) is 0 Å². The maximum absolute atomic E-state index is 12.4. The summed E-state index contributed by atoms with van der Waals surface area (Å²) in [6.07, 6.45) is 0. The van der Waals surface area contributed by atoms with Crippen LogP contribution in [0.25, 0.3) is 0 Å². The molecular weight excluding hydrogens is 290 g/mol. The van der Waals surface area contributed by atoms with Gasteiger partial charge in [0.15, 0.2) is 11.5 Å². The number of nitrogens with zero attached hydrogens (tertiary/aromatic N) is 1. The number of hydrogen-bond acceptors (Lipinski definition) is 3. The van der Waals surface area contributed by atoms with Crippen molar-refractivity contribution >= 4 is 17.5 Å². The highest BCUT2D eigenvalue weighted by molar-refractivity contribution is 6.30. The van der Waals surface area contributed by atoms with Gasteiger partial charge in [0.25, 0.3) is 5.91 Å². The van der Waals surface area contributed by atoms with Crippen LogP contribution in [0.4, 0.5) is 0 Å². The lowest BCUT2D eigenvalue weighted by molar-refractivity contribution is 0.0784. The van der Waals surface area contributed by atoms with Gasteiger partial charge in [-0.2, -0.15) is 0 Å². The average molecular weight is 304 g/mol. The van der Waals surface area contributed by atoms with Crippen molar-refractivity contribution in [2.75, 3.05) is 13.8 Å². The topological polar surface area (TPSA) is 38.8 Å². The second-order valence-electron chi connectivity index (χ2n) is 4.86. The van der Waals surface area contributed by atoms with E-state index in [0.717, 1.165) is 5.56 Å². The molecule has 21 heavy (non-hydrogen) atoms. The molecule has 3 rings (SSSR count). The van der Waals surface area contributed by atoms with Crippen molar-refractivity contribution in [1.29, 1.82) is 0 Å². The highest BCUT2D eigenvalue weighted by Crippen LogP contribution is 2.32. The van der Waals surface area contributed by atoms with Crippen molar-refractivity contribution in [1.82, 2.24) is 4.90 Å². The Morgan fingerprint density at radius 3 is 2.81 bits per heavy atom. The molecule has 0 aromatic heterocycles. The molecule has 0 radical (unpaired) electrons. The molecule has 0 fully saturated rings. The quantitative estimate of drug-likeness (QED) is 0.873. The predicted molar refractivity (Wildman–Crippen MR) is 79.8 cm³/mol. The molecule has 4 nitrogen and oxygen atoms in total. The van der Waals surface area contributed by atoms with E-state index < -0.39 is 0 Å². The normalized spacial score (nSPS) is 12.3. The van der Waals surface area contributed by atoms with Gasteiger partial charge in [0.1, 0.15) is 0 Å². The van der Waals surface area contributed by atoms with Gasteiger partial charge >= 0.3 is 0 Å². The monoisotopic (exact) mass is 303 g/mol. The molecule has 1 heterocycles. The number of halogens is 1. The van der Waals surface area contributed by atoms with Crippen LogP contribution in [-0.2, 0) is 6.54 Å². The molecule has 0 N–H and O–H groups in total. The van der Waals surface area contributed by atoms with Crippen molar-refractivity contribution in [2.45, 2.75) is 6.54 Å². The van der Waals surface area contributed by atoms with E-state index in [2.05, 4.69) is 0 Å². The van der Waals surface area contributed by atoms with Gasteiger partial charge in [-0.3, -0.25) is 4.79 Å². The van der Waals surface area contributed by atoms with Crippen molar-refractivity contribution < 1.29 is 14.3 Å². The summed E-state index contributed by atoms with van der Waals surface area (Å²) in [4.78, 5) is 14.1. The van der Waals surface area contributed by atoms with Crippen LogP contribution in [0.15, 0.2) is 42.5 Å². The predicted octanol–water partition coefficient (Wildman–Crippen LogP) is 3.34. The first kappa shape index (κ1) is 13.8. The van der Waals surface area contributed by atoms with Crippen LogP contribution in [0.5, 0.6) is 11.5 Å². The summed E-state index contributed by atoms with van der Waals surface area (Å²) in [5.74, 6) is 1.20. The fourth-order valence-corrected chi connectivity index (χ4v) is 2.44. The molecule has 0 unspecified atom stereocenters. The van der Waals surface area contributed by atoms with Crippen LogP contribution in [0.1, 0.15) is 15.9 Å². The molecule has 0 bridgehead atoms. The van der Waals surface area contributed by atoms with Gasteiger partial charge in [-0.25, -0.2) is 0 Å². The Bertz CT molecular complexity index is 687. The number of carbonyl (C=O) groups is 1. The van der Waals surface area contributed by atoms with E-state index in [1.54, 1.807) is 30.1 Å². The third kappa shape index (κ3) is 2.95. The minimum atomic E-state index is -0.0757. The molecule has 2 aromatic carbocycles. The summed E-state index contributed by atoms with van der Waals surface area (Å²) in [6.45, 7) is 0.694. The molecule has 5 heteroatoms. The van der Waals surface area contributed by atoms with Crippen LogP contribution >= 0.6 is 11.6 Å². The van der Waals surface area contributed by atoms with Crippen molar-refractivity contribution in [3.8, 4) is 11.5 Å². The summed E-state index contributed by atoms with van der Waals surface area (Å²) >= 11 is 5.95. The largest absolute Gasteiger partial charge is 0.454 e. The first-order valence-electron chi connectivity index (χ1n) is 6.53. The zero-order chi connectivity index (χ0) is 14.8. The first-order chi connectivity index (χ1) is 10.1. The summed E-state index contributed by atoms with van der Waals surface area (Å²) in [6, 6.07) is 12.7. The Balaban J connectivity index is 1.75. The second kappa shape index (κ2) is 5.66. The summed E-state index contributed by atoms with van der Waals surface area (Å²) in [5.41, 5.74) is 1.56. The fraction of sp³-hybridized carbons (Fsp3) is 0.188. The van der Waals surface area contributed by atoms with E-state index >= 15 is 0 Å². The van der Waals surface area contributed by atoms with Gasteiger partial charge in [0.05, 0.1) is 0 Å². The van der Waals surface area contributed by atoms with E-state index in [0.29, 0.717) is 28.6 Å². The Hall–Kier alpha value is -2.20. The highest BCUT2D eigenvalue weighted by Gasteiger charge is 2.18. The van der Waals surface area contributed by atoms with Crippen LogP contribution in [0, 0.1) is 0 Å². The van der Waals surface area contributed by atoms with E-state index in [9.17, 15) is 4.79 Å². The van der Waals surface area contributed by atoms with Gasteiger partial charge in [0.2, 0.25) is 6.79 Å². The SMILES string of the molecule is CN(Cc1cccc(Cl)c1)C(=O)c1ccc2c(c1)OCO2. The zero-order valence-electron chi connectivity index (χ0n) is 11.5. The third-order valence-corrected chi connectivity index (χ3v) is 3.51. The Kier molecular flexibility index (Phi) is 3.71. The molecule has 1 aliphatic heterocycles. The van der Waals surface area contributed by atoms with Gasteiger partial charge in [-0.1, -0.05) is 23.7 Å². The van der Waals surface area contributed by atoms with Gasteiger partial charge in [-0.15, -0.1) is 0 Å². The Labute approximate surface area is 127 Å². The highest BCUT2D eigenvalue weighted by atomic mass is 35.5. The van der Waals surface area contributed by atoms with E-state index in [4.69, 9.17) is 21.1 Å². The number of rotatable bonds is 3. The standard InChI is InChI=1S/C16H14ClNO3/c1-18(9-11-3-2-4-13(17)7-11)16(19)12-5-6-14-15(8-12)21-10-20-14/h2-8H,9-10H2,1H3. The van der Waals surface area contributed by atoms with Crippen LogP contribution in [0.2, 0.25) is 5.02 Å². The molecule has 0 spiro atoms. The van der Waals surface area contributed by atoms with Crippen molar-refractivity contribution in [3.05, 3.63) is 58.6 Å². The zero-order valence-corrected chi connectivity index (χ0v) is 12.3. The lowest BCUT2D eigenvalue weighted by Crippen LogP contribution is -2.26. The van der Waals surface area contributed by atoms with Gasteiger partial charge in [-0.05, 0) is 35.9 Å².